The molecule has 0 aliphatic rings. The number of hydrogen-bond acceptors (Lipinski definition) is 2. The van der Waals surface area contributed by atoms with Crippen molar-refractivity contribution in [2.24, 2.45) is 0 Å². The minimum atomic E-state index is -0.962. The van der Waals surface area contributed by atoms with Gasteiger partial charge in [-0.1, -0.05) is 13.3 Å². The van der Waals surface area contributed by atoms with Crippen LogP contribution in [0.2, 0.25) is 0 Å². The molecule has 0 fully saturated rings. The zero-order chi connectivity index (χ0) is 7.28. The number of carboxylic acid groups (broad SMARTS) is 1. The molecule has 0 saturated carbocycles. The molecule has 2 N–H and O–H groups in total. The highest BCUT2D eigenvalue weighted by Crippen LogP contribution is 1.99. The molecule has 3 nitrogen and oxygen atoms in total. The molecule has 1 unspecified atom stereocenters. The molecule has 1 radical (unpaired) electrons. The number of aliphatic hydroxyl groups excluding tert-OH is 1. The van der Waals surface area contributed by atoms with Crippen LogP contribution in [0.3, 0.4) is 0 Å². The van der Waals surface area contributed by atoms with Gasteiger partial charge in [-0.2, -0.15) is 0 Å². The van der Waals surface area contributed by atoms with E-state index in [0.717, 1.165) is 0 Å². The van der Waals surface area contributed by atoms with Gasteiger partial charge < -0.3 is 10.2 Å². The first-order valence-corrected chi connectivity index (χ1v) is 2.86. The first-order chi connectivity index (χ1) is 4.16. The third-order valence-corrected chi connectivity index (χ3v) is 0.948. The van der Waals surface area contributed by atoms with E-state index in [1.54, 1.807) is 0 Å². The Morgan fingerprint density at radius 3 is 2.56 bits per heavy atom. The van der Waals surface area contributed by atoms with Crippen LogP contribution in [0.25, 0.3) is 0 Å². The maximum Gasteiger partial charge on any atom is 0.305 e. The third-order valence-electron chi connectivity index (χ3n) is 0.948. The molecule has 0 aromatic rings. The summed E-state index contributed by atoms with van der Waals surface area (Å²) in [6, 6.07) is 0. The van der Waals surface area contributed by atoms with E-state index in [2.05, 4.69) is 6.92 Å². The summed E-state index contributed by atoms with van der Waals surface area (Å²) >= 11 is 0. The number of rotatable bonds is 4. The lowest BCUT2D eigenvalue weighted by atomic mass is 10.1. The summed E-state index contributed by atoms with van der Waals surface area (Å²) in [6.45, 7) is 3.48. The van der Waals surface area contributed by atoms with E-state index >= 15 is 0 Å². The van der Waals surface area contributed by atoms with Crippen molar-refractivity contribution < 1.29 is 15.0 Å². The summed E-state index contributed by atoms with van der Waals surface area (Å²) in [6.07, 6.45) is 0.149. The van der Waals surface area contributed by atoms with Gasteiger partial charge in [0, 0.05) is 0 Å². The van der Waals surface area contributed by atoms with Crippen molar-refractivity contribution in [2.45, 2.75) is 25.4 Å². The highest BCUT2D eigenvalue weighted by atomic mass is 16.4. The molecule has 0 aliphatic heterocycles. The van der Waals surface area contributed by atoms with E-state index in [9.17, 15) is 4.79 Å². The second kappa shape index (κ2) is 4.32. The Morgan fingerprint density at radius 2 is 2.22 bits per heavy atom. The average molecular weight is 131 g/mol. The van der Waals surface area contributed by atoms with Gasteiger partial charge >= 0.3 is 5.97 Å². The maximum absolute atomic E-state index is 9.90. The predicted octanol–water partition coefficient (Wildman–Crippen LogP) is 0.436. The third kappa shape index (κ3) is 5.30. The van der Waals surface area contributed by atoms with Crippen LogP contribution in [-0.4, -0.2) is 22.3 Å². The van der Waals surface area contributed by atoms with Crippen molar-refractivity contribution in [3.05, 3.63) is 6.92 Å². The predicted molar refractivity (Wildman–Crippen MR) is 32.9 cm³/mol. The standard InChI is InChI=1S/C6H11O3/c1-2-3-5(7)4-6(8)9/h5,7H,1-4H2,(H,8,9). The van der Waals surface area contributed by atoms with Crippen molar-refractivity contribution in [1.82, 2.24) is 0 Å². The van der Waals surface area contributed by atoms with Crippen molar-refractivity contribution in [3.63, 3.8) is 0 Å². The first kappa shape index (κ1) is 8.43. The van der Waals surface area contributed by atoms with E-state index in [4.69, 9.17) is 10.2 Å². The molecular formula is C6H11O3. The summed E-state index contributed by atoms with van der Waals surface area (Å²) in [5.74, 6) is -0.962. The van der Waals surface area contributed by atoms with Gasteiger partial charge in [-0.15, -0.1) is 0 Å². The van der Waals surface area contributed by atoms with Gasteiger partial charge in [0.2, 0.25) is 0 Å². The summed E-state index contributed by atoms with van der Waals surface area (Å²) in [5, 5.41) is 16.9. The quantitative estimate of drug-likeness (QED) is 0.582. The molecule has 0 spiro atoms. The molecule has 0 rings (SSSR count). The van der Waals surface area contributed by atoms with E-state index in [1.807, 2.05) is 0 Å². The minimum Gasteiger partial charge on any atom is -0.481 e. The second-order valence-corrected chi connectivity index (χ2v) is 1.89. The molecule has 1 atom stereocenters. The van der Waals surface area contributed by atoms with Crippen LogP contribution in [0.15, 0.2) is 0 Å². The van der Waals surface area contributed by atoms with Crippen LogP contribution in [0.1, 0.15) is 19.3 Å². The number of hydrogen-bond donors (Lipinski definition) is 2. The molecule has 9 heavy (non-hydrogen) atoms. The van der Waals surface area contributed by atoms with E-state index < -0.39 is 12.1 Å². The maximum atomic E-state index is 9.90. The Morgan fingerprint density at radius 1 is 1.67 bits per heavy atom. The number of aliphatic carboxylic acids is 1. The van der Waals surface area contributed by atoms with Gasteiger partial charge in [0.25, 0.3) is 0 Å². The number of aliphatic hydroxyl groups is 1. The highest BCUT2D eigenvalue weighted by Gasteiger charge is 2.06. The zero-order valence-electron chi connectivity index (χ0n) is 5.21. The Kier molecular flexibility index (Phi) is 4.05. The minimum absolute atomic E-state index is 0.171. The van der Waals surface area contributed by atoms with Crippen molar-refractivity contribution in [2.75, 3.05) is 0 Å². The molecule has 0 heterocycles. The van der Waals surface area contributed by atoms with Crippen molar-refractivity contribution >= 4 is 5.97 Å². The second-order valence-electron chi connectivity index (χ2n) is 1.89. The summed E-state index contributed by atoms with van der Waals surface area (Å²) in [5.41, 5.74) is 0. The van der Waals surface area contributed by atoms with Gasteiger partial charge in [0.15, 0.2) is 0 Å². The van der Waals surface area contributed by atoms with Gasteiger partial charge in [0.05, 0.1) is 12.5 Å². The number of carboxylic acids is 1. The van der Waals surface area contributed by atoms with Gasteiger partial charge in [-0.25, -0.2) is 0 Å². The van der Waals surface area contributed by atoms with Crippen LogP contribution in [-0.2, 0) is 4.79 Å². The summed E-state index contributed by atoms with van der Waals surface area (Å²) in [7, 11) is 0. The lowest BCUT2D eigenvalue weighted by Gasteiger charge is -2.03. The largest absolute Gasteiger partial charge is 0.481 e. The summed E-state index contributed by atoms with van der Waals surface area (Å²) < 4.78 is 0. The lowest BCUT2D eigenvalue weighted by Crippen LogP contribution is -2.11. The Balaban J connectivity index is 3.26. The van der Waals surface area contributed by atoms with Crippen LogP contribution in [0, 0.1) is 6.92 Å². The number of carbonyl (C=O) groups is 1. The molecule has 0 saturated heterocycles. The molecule has 0 aliphatic carbocycles. The molecule has 0 bridgehead atoms. The topological polar surface area (TPSA) is 57.5 Å². The van der Waals surface area contributed by atoms with Gasteiger partial charge in [-0.05, 0) is 6.42 Å². The average Bonchev–Trinajstić information content (AvgIpc) is 1.63. The van der Waals surface area contributed by atoms with Gasteiger partial charge in [-0.3, -0.25) is 4.79 Å². The van der Waals surface area contributed by atoms with Crippen molar-refractivity contribution in [1.29, 1.82) is 0 Å². The fourth-order valence-electron chi connectivity index (χ4n) is 0.539. The smallest absolute Gasteiger partial charge is 0.305 e. The first-order valence-electron chi connectivity index (χ1n) is 2.86. The zero-order valence-corrected chi connectivity index (χ0v) is 5.21. The van der Waals surface area contributed by atoms with E-state index in [0.29, 0.717) is 12.8 Å². The Labute approximate surface area is 54.3 Å². The van der Waals surface area contributed by atoms with E-state index in [1.165, 1.54) is 0 Å². The SMILES string of the molecule is [CH2]CCC(O)CC(=O)O. The van der Waals surface area contributed by atoms with Crippen LogP contribution in [0.5, 0.6) is 0 Å². The van der Waals surface area contributed by atoms with Gasteiger partial charge in [0.1, 0.15) is 0 Å². The molecule has 0 aromatic heterocycles. The normalized spacial score (nSPS) is 13.1. The Hall–Kier alpha value is -0.570. The Bertz CT molecular complexity index is 90.3. The molecular weight excluding hydrogens is 120 g/mol. The fourth-order valence-corrected chi connectivity index (χ4v) is 0.539. The van der Waals surface area contributed by atoms with Crippen LogP contribution < -0.4 is 0 Å². The monoisotopic (exact) mass is 131 g/mol. The summed E-state index contributed by atoms with van der Waals surface area (Å²) in [4.78, 5) is 9.90. The molecule has 53 valence electrons. The van der Waals surface area contributed by atoms with Crippen LogP contribution >= 0.6 is 0 Å². The lowest BCUT2D eigenvalue weighted by molar-refractivity contribution is -0.139. The van der Waals surface area contributed by atoms with Crippen molar-refractivity contribution in [3.8, 4) is 0 Å². The molecule has 0 aromatic carbocycles. The molecule has 3 heteroatoms. The fraction of sp³-hybridized carbons (Fsp3) is 0.667. The van der Waals surface area contributed by atoms with Crippen LogP contribution in [0.4, 0.5) is 0 Å². The molecule has 0 amide bonds. The van der Waals surface area contributed by atoms with E-state index in [-0.39, 0.29) is 6.42 Å². The highest BCUT2D eigenvalue weighted by molar-refractivity contribution is 5.67.